The maximum Gasteiger partial charge on any atom is 0.167 e. The number of methoxy groups -OCH3 is 1. The van der Waals surface area contributed by atoms with Crippen LogP contribution >= 0.6 is 11.6 Å². The fourth-order valence-electron chi connectivity index (χ4n) is 2.38. The third-order valence-corrected chi connectivity index (χ3v) is 3.67. The number of nitrogens with one attached hydrogen (secondary N) is 1. The van der Waals surface area contributed by atoms with Gasteiger partial charge in [0.2, 0.25) is 0 Å². The van der Waals surface area contributed by atoms with E-state index in [-0.39, 0.29) is 5.78 Å². The van der Waals surface area contributed by atoms with Gasteiger partial charge in [0.1, 0.15) is 5.75 Å². The fourth-order valence-corrected chi connectivity index (χ4v) is 2.67. The first kappa shape index (κ1) is 12.2. The number of carbonyl (C=O) groups is 1. The van der Waals surface area contributed by atoms with Gasteiger partial charge >= 0.3 is 0 Å². The quantitative estimate of drug-likeness (QED) is 0.880. The summed E-state index contributed by atoms with van der Waals surface area (Å²) in [7, 11) is 1.61. The molecule has 1 aliphatic heterocycles. The molecule has 1 aromatic carbocycles. The SMILES string of the molecule is CCc1c2c(c(C)c(Cl)c1OC)C(=O)CCN2. The Morgan fingerprint density at radius 1 is 1.47 bits per heavy atom. The Balaban J connectivity index is 2.79. The van der Waals surface area contributed by atoms with Crippen molar-refractivity contribution in [2.24, 2.45) is 0 Å². The van der Waals surface area contributed by atoms with E-state index in [1.54, 1.807) is 7.11 Å². The third kappa shape index (κ3) is 1.78. The molecule has 3 nitrogen and oxygen atoms in total. The first-order valence-electron chi connectivity index (χ1n) is 5.77. The lowest BCUT2D eigenvalue weighted by molar-refractivity contribution is 0.0983. The Bertz CT molecular complexity index is 483. The van der Waals surface area contributed by atoms with Crippen LogP contribution in [0.1, 0.15) is 34.8 Å². The van der Waals surface area contributed by atoms with Crippen molar-refractivity contribution in [2.45, 2.75) is 26.7 Å². The van der Waals surface area contributed by atoms with E-state index in [1.807, 2.05) is 13.8 Å². The molecule has 2 rings (SSSR count). The minimum atomic E-state index is 0.163. The minimum Gasteiger partial charge on any atom is -0.495 e. The van der Waals surface area contributed by atoms with E-state index in [9.17, 15) is 4.79 Å². The third-order valence-electron chi connectivity index (χ3n) is 3.22. The van der Waals surface area contributed by atoms with Crippen molar-refractivity contribution in [1.82, 2.24) is 0 Å². The fraction of sp³-hybridized carbons (Fsp3) is 0.462. The van der Waals surface area contributed by atoms with Crippen molar-refractivity contribution in [3.63, 3.8) is 0 Å². The largest absolute Gasteiger partial charge is 0.495 e. The number of halogens is 1. The highest BCUT2D eigenvalue weighted by Crippen LogP contribution is 2.42. The van der Waals surface area contributed by atoms with E-state index in [4.69, 9.17) is 16.3 Å². The highest BCUT2D eigenvalue weighted by Gasteiger charge is 2.26. The number of fused-ring (bicyclic) bond motifs is 1. The van der Waals surface area contributed by atoms with Crippen LogP contribution in [-0.4, -0.2) is 19.4 Å². The van der Waals surface area contributed by atoms with Crippen molar-refractivity contribution in [3.05, 3.63) is 21.7 Å². The number of hydrogen-bond acceptors (Lipinski definition) is 3. The molecule has 1 heterocycles. The Labute approximate surface area is 106 Å². The molecule has 0 unspecified atom stereocenters. The summed E-state index contributed by atoms with van der Waals surface area (Å²) in [5.74, 6) is 0.850. The van der Waals surface area contributed by atoms with Gasteiger partial charge in [-0.3, -0.25) is 4.79 Å². The zero-order valence-electron chi connectivity index (χ0n) is 10.3. The van der Waals surface area contributed by atoms with Gasteiger partial charge in [-0.2, -0.15) is 0 Å². The molecule has 0 saturated carbocycles. The number of rotatable bonds is 2. The molecule has 0 atom stereocenters. The average Bonchev–Trinajstić information content (AvgIpc) is 2.33. The second-order valence-electron chi connectivity index (χ2n) is 4.15. The first-order chi connectivity index (χ1) is 8.11. The van der Waals surface area contributed by atoms with Gasteiger partial charge in [0.25, 0.3) is 0 Å². The molecular formula is C13H16ClNO2. The van der Waals surface area contributed by atoms with E-state index in [0.717, 1.165) is 28.8 Å². The molecule has 4 heteroatoms. The Morgan fingerprint density at radius 2 is 2.18 bits per heavy atom. The van der Waals surface area contributed by atoms with Crippen LogP contribution in [0, 0.1) is 6.92 Å². The Kier molecular flexibility index (Phi) is 3.29. The van der Waals surface area contributed by atoms with E-state index in [2.05, 4.69) is 5.32 Å². The molecule has 17 heavy (non-hydrogen) atoms. The molecule has 1 N–H and O–H groups in total. The number of ether oxygens (including phenoxy) is 1. The summed E-state index contributed by atoms with van der Waals surface area (Å²) in [6.07, 6.45) is 1.31. The van der Waals surface area contributed by atoms with Crippen LogP contribution in [0.15, 0.2) is 0 Å². The molecule has 0 fully saturated rings. The van der Waals surface area contributed by atoms with E-state index < -0.39 is 0 Å². The molecule has 0 amide bonds. The minimum absolute atomic E-state index is 0.163. The van der Waals surface area contributed by atoms with Crippen LogP contribution in [0.4, 0.5) is 5.69 Å². The zero-order valence-corrected chi connectivity index (χ0v) is 11.1. The summed E-state index contributed by atoms with van der Waals surface area (Å²) in [5, 5.41) is 3.85. The van der Waals surface area contributed by atoms with Gasteiger partial charge in [-0.05, 0) is 18.9 Å². The van der Waals surface area contributed by atoms with Crippen LogP contribution in [0.3, 0.4) is 0 Å². The lowest BCUT2D eigenvalue weighted by atomic mass is 9.92. The molecule has 0 bridgehead atoms. The maximum atomic E-state index is 12.0. The van der Waals surface area contributed by atoms with Crippen molar-refractivity contribution in [2.75, 3.05) is 19.0 Å². The van der Waals surface area contributed by atoms with Crippen LogP contribution < -0.4 is 10.1 Å². The predicted molar refractivity (Wildman–Crippen MR) is 69.6 cm³/mol. The molecule has 0 saturated heterocycles. The molecule has 0 radical (unpaired) electrons. The summed E-state index contributed by atoms with van der Waals surface area (Å²) in [6.45, 7) is 4.58. The predicted octanol–water partition coefficient (Wildman–Crippen LogP) is 3.22. The van der Waals surface area contributed by atoms with Crippen molar-refractivity contribution in [1.29, 1.82) is 0 Å². The van der Waals surface area contributed by atoms with Crippen LogP contribution in [-0.2, 0) is 6.42 Å². The smallest absolute Gasteiger partial charge is 0.167 e. The second-order valence-corrected chi connectivity index (χ2v) is 4.53. The van der Waals surface area contributed by atoms with Crippen LogP contribution in [0.2, 0.25) is 5.02 Å². The molecular weight excluding hydrogens is 238 g/mol. The summed E-state index contributed by atoms with van der Waals surface area (Å²) in [6, 6.07) is 0. The molecule has 1 aromatic rings. The van der Waals surface area contributed by atoms with Gasteiger partial charge < -0.3 is 10.1 Å². The second kappa shape index (κ2) is 4.57. The van der Waals surface area contributed by atoms with E-state index in [1.165, 1.54) is 0 Å². The normalized spacial score (nSPS) is 14.2. The lowest BCUT2D eigenvalue weighted by Gasteiger charge is -2.25. The first-order valence-corrected chi connectivity index (χ1v) is 6.15. The monoisotopic (exact) mass is 253 g/mol. The zero-order chi connectivity index (χ0) is 12.6. The molecule has 0 aliphatic carbocycles. The number of Topliss-reactive ketones (excluding diaryl/α,β-unsaturated/α-hetero) is 1. The summed E-state index contributed by atoms with van der Waals surface area (Å²) in [5.41, 5.74) is 3.44. The van der Waals surface area contributed by atoms with Gasteiger partial charge in [0, 0.05) is 24.1 Å². The molecule has 0 aromatic heterocycles. The van der Waals surface area contributed by atoms with Crippen LogP contribution in [0.25, 0.3) is 0 Å². The maximum absolute atomic E-state index is 12.0. The van der Waals surface area contributed by atoms with Crippen molar-refractivity contribution in [3.8, 4) is 5.75 Å². The van der Waals surface area contributed by atoms with Gasteiger partial charge in [0.05, 0.1) is 17.8 Å². The average molecular weight is 254 g/mol. The van der Waals surface area contributed by atoms with Crippen molar-refractivity contribution >= 4 is 23.1 Å². The number of hydrogen-bond donors (Lipinski definition) is 1. The molecule has 0 spiro atoms. The highest BCUT2D eigenvalue weighted by atomic mass is 35.5. The summed E-state index contributed by atoms with van der Waals surface area (Å²) < 4.78 is 5.37. The Hall–Kier alpha value is -1.22. The van der Waals surface area contributed by atoms with E-state index >= 15 is 0 Å². The van der Waals surface area contributed by atoms with Gasteiger partial charge in [-0.15, -0.1) is 0 Å². The van der Waals surface area contributed by atoms with Crippen LogP contribution in [0.5, 0.6) is 5.75 Å². The van der Waals surface area contributed by atoms with Gasteiger partial charge in [0.15, 0.2) is 5.78 Å². The standard InChI is InChI=1S/C13H16ClNO2/c1-4-8-12-10(9(16)5-6-15-12)7(2)11(14)13(8)17-3/h15H,4-6H2,1-3H3. The number of anilines is 1. The van der Waals surface area contributed by atoms with Gasteiger partial charge in [-0.1, -0.05) is 18.5 Å². The molecule has 1 aliphatic rings. The van der Waals surface area contributed by atoms with E-state index in [0.29, 0.717) is 23.7 Å². The van der Waals surface area contributed by atoms with Crippen molar-refractivity contribution < 1.29 is 9.53 Å². The summed E-state index contributed by atoms with van der Waals surface area (Å²) in [4.78, 5) is 12.0. The number of carbonyl (C=O) groups excluding carboxylic acids is 1. The Morgan fingerprint density at radius 3 is 2.76 bits per heavy atom. The molecule has 92 valence electrons. The highest BCUT2D eigenvalue weighted by molar-refractivity contribution is 6.34. The number of benzene rings is 1. The topological polar surface area (TPSA) is 38.3 Å². The lowest BCUT2D eigenvalue weighted by Crippen LogP contribution is -2.21. The van der Waals surface area contributed by atoms with Gasteiger partial charge in [-0.25, -0.2) is 0 Å². The summed E-state index contributed by atoms with van der Waals surface area (Å²) >= 11 is 6.27. The number of ketones is 1.